The molecule has 158 valence electrons. The molecule has 0 aliphatic rings. The molecule has 31 heavy (non-hydrogen) atoms. The molecule has 2 aromatic carbocycles. The van der Waals surface area contributed by atoms with Crippen LogP contribution in [0.25, 0.3) is 0 Å². The maximum Gasteiger partial charge on any atom is 0.310 e. The Morgan fingerprint density at radius 1 is 1.16 bits per heavy atom. The molecule has 0 spiro atoms. The van der Waals surface area contributed by atoms with Crippen LogP contribution in [0.2, 0.25) is 0 Å². The minimum Gasteiger partial charge on any atom is -0.489 e. The fourth-order valence-corrected chi connectivity index (χ4v) is 2.79. The van der Waals surface area contributed by atoms with Crippen molar-refractivity contribution in [2.45, 2.75) is 26.9 Å². The third kappa shape index (κ3) is 6.18. The summed E-state index contributed by atoms with van der Waals surface area (Å²) < 4.78 is 15.9. The first kappa shape index (κ1) is 21.6. The molecule has 8 nitrogen and oxygen atoms in total. The van der Waals surface area contributed by atoms with Crippen molar-refractivity contribution in [1.29, 1.82) is 5.26 Å². The predicted molar refractivity (Wildman–Crippen MR) is 111 cm³/mol. The van der Waals surface area contributed by atoms with Crippen LogP contribution in [0.3, 0.4) is 0 Å². The Labute approximate surface area is 179 Å². The number of rotatable bonds is 8. The van der Waals surface area contributed by atoms with E-state index < -0.39 is 18.5 Å². The van der Waals surface area contributed by atoms with Gasteiger partial charge in [0.05, 0.1) is 29.3 Å². The SMILES string of the molecule is Cc1noc(C)c1COc1ccc(CC(=O)OCC(=O)Nc2cccc(C#N)c2)cc1. The molecular weight excluding hydrogens is 398 g/mol. The third-order valence-electron chi connectivity index (χ3n) is 4.48. The molecule has 1 aromatic heterocycles. The monoisotopic (exact) mass is 419 g/mol. The molecule has 0 saturated heterocycles. The molecule has 0 fully saturated rings. The van der Waals surface area contributed by atoms with Gasteiger partial charge in [-0.3, -0.25) is 9.59 Å². The molecule has 0 radical (unpaired) electrons. The molecule has 3 rings (SSSR count). The van der Waals surface area contributed by atoms with Gasteiger partial charge in [0.15, 0.2) is 6.61 Å². The maximum atomic E-state index is 12.0. The number of nitrogens with zero attached hydrogens (tertiary/aromatic N) is 2. The van der Waals surface area contributed by atoms with E-state index in [4.69, 9.17) is 19.3 Å². The highest BCUT2D eigenvalue weighted by atomic mass is 16.5. The molecule has 0 atom stereocenters. The number of nitrogens with one attached hydrogen (secondary N) is 1. The number of benzene rings is 2. The number of ether oxygens (including phenoxy) is 2. The van der Waals surface area contributed by atoms with Gasteiger partial charge in [-0.2, -0.15) is 5.26 Å². The Bertz CT molecular complexity index is 1090. The maximum absolute atomic E-state index is 12.0. The quantitative estimate of drug-likeness (QED) is 0.556. The third-order valence-corrected chi connectivity index (χ3v) is 4.48. The van der Waals surface area contributed by atoms with Gasteiger partial charge in [0.25, 0.3) is 5.91 Å². The zero-order valence-electron chi connectivity index (χ0n) is 17.2. The van der Waals surface area contributed by atoms with E-state index in [1.165, 1.54) is 6.07 Å². The summed E-state index contributed by atoms with van der Waals surface area (Å²) in [7, 11) is 0. The highest BCUT2D eigenvalue weighted by Gasteiger charge is 2.11. The first-order valence-electron chi connectivity index (χ1n) is 9.53. The van der Waals surface area contributed by atoms with Gasteiger partial charge in [0, 0.05) is 5.69 Å². The smallest absolute Gasteiger partial charge is 0.310 e. The van der Waals surface area contributed by atoms with E-state index in [1.807, 2.05) is 19.9 Å². The van der Waals surface area contributed by atoms with Crippen LogP contribution in [0, 0.1) is 25.2 Å². The number of carbonyl (C=O) groups excluding carboxylic acids is 2. The Morgan fingerprint density at radius 3 is 2.61 bits per heavy atom. The zero-order chi connectivity index (χ0) is 22.2. The van der Waals surface area contributed by atoms with Crippen LogP contribution in [0.5, 0.6) is 5.75 Å². The molecular formula is C23H21N3O5. The van der Waals surface area contributed by atoms with Crippen molar-refractivity contribution in [3.05, 3.63) is 76.7 Å². The van der Waals surface area contributed by atoms with Crippen LogP contribution in [0.4, 0.5) is 5.69 Å². The second-order valence-corrected chi connectivity index (χ2v) is 6.81. The van der Waals surface area contributed by atoms with Crippen molar-refractivity contribution >= 4 is 17.6 Å². The van der Waals surface area contributed by atoms with E-state index in [0.29, 0.717) is 23.6 Å². The van der Waals surface area contributed by atoms with Gasteiger partial charge < -0.3 is 19.3 Å². The Hall–Kier alpha value is -4.12. The molecule has 0 aliphatic carbocycles. The Balaban J connectivity index is 1.43. The molecule has 3 aromatic rings. The van der Waals surface area contributed by atoms with Crippen molar-refractivity contribution < 1.29 is 23.6 Å². The molecule has 1 heterocycles. The van der Waals surface area contributed by atoms with Crippen molar-refractivity contribution in [1.82, 2.24) is 5.16 Å². The van der Waals surface area contributed by atoms with Gasteiger partial charge in [0.1, 0.15) is 18.1 Å². The number of esters is 1. The van der Waals surface area contributed by atoms with Crippen LogP contribution in [0.1, 0.15) is 28.1 Å². The first-order valence-corrected chi connectivity index (χ1v) is 9.53. The summed E-state index contributed by atoms with van der Waals surface area (Å²) >= 11 is 0. The van der Waals surface area contributed by atoms with E-state index >= 15 is 0 Å². The number of aromatic nitrogens is 1. The van der Waals surface area contributed by atoms with Crippen LogP contribution in [-0.2, 0) is 27.4 Å². The zero-order valence-corrected chi connectivity index (χ0v) is 17.2. The van der Waals surface area contributed by atoms with Crippen molar-refractivity contribution in [3.8, 4) is 11.8 Å². The molecule has 0 bridgehead atoms. The number of carbonyl (C=O) groups is 2. The van der Waals surface area contributed by atoms with Gasteiger partial charge in [-0.15, -0.1) is 0 Å². The Kier molecular flexibility index (Phi) is 7.01. The van der Waals surface area contributed by atoms with Crippen molar-refractivity contribution in [2.75, 3.05) is 11.9 Å². The molecule has 0 aliphatic heterocycles. The summed E-state index contributed by atoms with van der Waals surface area (Å²) in [6, 6.07) is 15.5. The lowest BCUT2D eigenvalue weighted by Gasteiger charge is -2.08. The largest absolute Gasteiger partial charge is 0.489 e. The van der Waals surface area contributed by atoms with E-state index in [1.54, 1.807) is 42.5 Å². The summed E-state index contributed by atoms with van der Waals surface area (Å²) in [4.78, 5) is 23.9. The van der Waals surface area contributed by atoms with Gasteiger partial charge in [-0.05, 0) is 49.7 Å². The number of amides is 1. The fraction of sp³-hybridized carbons (Fsp3) is 0.217. The minimum atomic E-state index is -0.523. The molecule has 1 amide bonds. The van der Waals surface area contributed by atoms with Crippen molar-refractivity contribution in [2.24, 2.45) is 0 Å². The second-order valence-electron chi connectivity index (χ2n) is 6.81. The minimum absolute atomic E-state index is 0.0291. The summed E-state index contributed by atoms with van der Waals surface area (Å²) in [6.07, 6.45) is 0.0291. The average molecular weight is 419 g/mol. The highest BCUT2D eigenvalue weighted by Crippen LogP contribution is 2.18. The normalized spacial score (nSPS) is 10.2. The number of hydrogen-bond donors (Lipinski definition) is 1. The molecule has 0 unspecified atom stereocenters. The molecule has 1 N–H and O–H groups in total. The highest BCUT2D eigenvalue weighted by molar-refractivity contribution is 5.93. The van der Waals surface area contributed by atoms with Gasteiger partial charge in [0.2, 0.25) is 0 Å². The van der Waals surface area contributed by atoms with Crippen LogP contribution >= 0.6 is 0 Å². The van der Waals surface area contributed by atoms with Gasteiger partial charge in [-0.25, -0.2) is 0 Å². The lowest BCUT2D eigenvalue weighted by atomic mass is 10.1. The lowest BCUT2D eigenvalue weighted by Crippen LogP contribution is -2.21. The number of anilines is 1. The summed E-state index contributed by atoms with van der Waals surface area (Å²) in [5, 5.41) is 15.3. The van der Waals surface area contributed by atoms with E-state index in [9.17, 15) is 9.59 Å². The van der Waals surface area contributed by atoms with Crippen LogP contribution in [0.15, 0.2) is 53.1 Å². The average Bonchev–Trinajstić information content (AvgIpc) is 3.09. The fourth-order valence-electron chi connectivity index (χ4n) is 2.79. The summed E-state index contributed by atoms with van der Waals surface area (Å²) in [6.45, 7) is 3.62. The topological polar surface area (TPSA) is 114 Å². The summed E-state index contributed by atoms with van der Waals surface area (Å²) in [5.74, 6) is 0.367. The molecule has 0 saturated carbocycles. The summed E-state index contributed by atoms with van der Waals surface area (Å²) in [5.41, 5.74) is 3.32. The number of hydrogen-bond acceptors (Lipinski definition) is 7. The van der Waals surface area contributed by atoms with Crippen LogP contribution in [-0.4, -0.2) is 23.6 Å². The Morgan fingerprint density at radius 2 is 1.94 bits per heavy atom. The number of aryl methyl sites for hydroxylation is 2. The number of nitriles is 1. The van der Waals surface area contributed by atoms with E-state index in [-0.39, 0.29) is 6.42 Å². The predicted octanol–water partition coefficient (Wildman–Crippen LogP) is 3.47. The standard InChI is InChI=1S/C23H21N3O5/c1-15-21(16(2)31-26-15)13-29-20-8-6-17(7-9-20)11-23(28)30-14-22(27)25-19-5-3-4-18(10-19)12-24/h3-10H,11,13-14H2,1-2H3,(H,25,27). The van der Waals surface area contributed by atoms with Gasteiger partial charge in [-0.1, -0.05) is 23.4 Å². The lowest BCUT2D eigenvalue weighted by molar-refractivity contribution is -0.146. The van der Waals surface area contributed by atoms with E-state index in [0.717, 1.165) is 22.6 Å². The molecule has 8 heteroatoms. The van der Waals surface area contributed by atoms with Crippen LogP contribution < -0.4 is 10.1 Å². The van der Waals surface area contributed by atoms with E-state index in [2.05, 4.69) is 10.5 Å². The van der Waals surface area contributed by atoms with Crippen molar-refractivity contribution in [3.63, 3.8) is 0 Å². The second kappa shape index (κ2) is 10.1. The van der Waals surface area contributed by atoms with Gasteiger partial charge >= 0.3 is 5.97 Å². The first-order chi connectivity index (χ1) is 14.9.